The molecule has 0 saturated heterocycles. The molecule has 7 heteroatoms. The van der Waals surface area contributed by atoms with E-state index in [1.807, 2.05) is 0 Å². The highest BCUT2D eigenvalue weighted by Crippen LogP contribution is 2.32. The van der Waals surface area contributed by atoms with Crippen molar-refractivity contribution < 1.29 is 24.7 Å². The molecule has 0 aliphatic carbocycles. The van der Waals surface area contributed by atoms with Gasteiger partial charge in [-0.05, 0) is 17.2 Å². The van der Waals surface area contributed by atoms with E-state index in [-0.39, 0.29) is 11.3 Å². The molecule has 0 bridgehead atoms. The number of carboxylic acid groups (broad SMARTS) is 2. The van der Waals surface area contributed by atoms with Crippen molar-refractivity contribution in [2.45, 2.75) is 5.92 Å². The van der Waals surface area contributed by atoms with Crippen LogP contribution in [0.1, 0.15) is 11.5 Å². The van der Waals surface area contributed by atoms with Crippen molar-refractivity contribution in [3.8, 4) is 11.1 Å². The second-order valence-corrected chi connectivity index (χ2v) is 4.51. The van der Waals surface area contributed by atoms with Crippen molar-refractivity contribution in [1.29, 1.82) is 0 Å². The fraction of sp³-hybridized carbons (Fsp3) is 0.0667. The first kappa shape index (κ1) is 15.2. The van der Waals surface area contributed by atoms with Crippen LogP contribution >= 0.6 is 0 Å². The lowest BCUT2D eigenvalue weighted by Crippen LogP contribution is -2.21. The van der Waals surface area contributed by atoms with Gasteiger partial charge in [0.2, 0.25) is 0 Å². The standard InChI is InChI=1S/C15H11NO6/c17-14(18)13(15(19)20)10-6-7-11(12(8-10)16(21)22)9-4-2-1-3-5-9/h1-8,13H,(H,17,18)(H,19,20). The highest BCUT2D eigenvalue weighted by atomic mass is 16.6. The van der Waals surface area contributed by atoms with Crippen molar-refractivity contribution in [3.05, 3.63) is 64.2 Å². The van der Waals surface area contributed by atoms with E-state index in [9.17, 15) is 19.7 Å². The van der Waals surface area contributed by atoms with Crippen molar-refractivity contribution in [1.82, 2.24) is 0 Å². The number of nitro groups is 1. The summed E-state index contributed by atoms with van der Waals surface area (Å²) in [6.45, 7) is 0. The molecule has 0 aliphatic rings. The van der Waals surface area contributed by atoms with E-state index in [2.05, 4.69) is 0 Å². The molecule has 0 spiro atoms. The highest BCUT2D eigenvalue weighted by molar-refractivity contribution is 5.99. The molecule has 0 amide bonds. The summed E-state index contributed by atoms with van der Waals surface area (Å²) in [4.78, 5) is 32.6. The smallest absolute Gasteiger partial charge is 0.322 e. The molecule has 0 aliphatic heterocycles. The maximum Gasteiger partial charge on any atom is 0.322 e. The summed E-state index contributed by atoms with van der Waals surface area (Å²) in [5.74, 6) is -4.99. The van der Waals surface area contributed by atoms with Gasteiger partial charge in [0.05, 0.1) is 10.5 Å². The number of benzene rings is 2. The Morgan fingerprint density at radius 2 is 1.59 bits per heavy atom. The average Bonchev–Trinajstić information content (AvgIpc) is 2.47. The van der Waals surface area contributed by atoms with E-state index < -0.39 is 22.8 Å². The minimum Gasteiger partial charge on any atom is -0.480 e. The average molecular weight is 301 g/mol. The van der Waals surface area contributed by atoms with Crippen LogP contribution in [0, 0.1) is 10.1 Å². The molecule has 2 aromatic rings. The van der Waals surface area contributed by atoms with E-state index in [0.717, 1.165) is 6.07 Å². The third kappa shape index (κ3) is 2.93. The van der Waals surface area contributed by atoms with Gasteiger partial charge in [0.1, 0.15) is 0 Å². The molecule has 2 aromatic carbocycles. The van der Waals surface area contributed by atoms with E-state index >= 15 is 0 Å². The van der Waals surface area contributed by atoms with E-state index in [0.29, 0.717) is 11.1 Å². The molecular weight excluding hydrogens is 290 g/mol. The number of rotatable bonds is 5. The molecule has 0 aromatic heterocycles. The predicted molar refractivity (Wildman–Crippen MR) is 76.5 cm³/mol. The van der Waals surface area contributed by atoms with Crippen LogP contribution in [-0.4, -0.2) is 27.1 Å². The lowest BCUT2D eigenvalue weighted by molar-refractivity contribution is -0.384. The van der Waals surface area contributed by atoms with Crippen LogP contribution in [0.3, 0.4) is 0 Å². The number of carboxylic acids is 2. The fourth-order valence-electron chi connectivity index (χ4n) is 2.13. The van der Waals surface area contributed by atoms with Gasteiger partial charge in [-0.15, -0.1) is 0 Å². The van der Waals surface area contributed by atoms with Crippen molar-refractivity contribution in [2.24, 2.45) is 0 Å². The summed E-state index contributed by atoms with van der Waals surface area (Å²) in [5.41, 5.74) is 0.398. The Kier molecular flexibility index (Phi) is 4.17. The Morgan fingerprint density at radius 3 is 2.09 bits per heavy atom. The number of nitro benzene ring substituents is 1. The van der Waals surface area contributed by atoms with Gasteiger partial charge in [-0.1, -0.05) is 36.4 Å². The molecule has 0 heterocycles. The van der Waals surface area contributed by atoms with Crippen LogP contribution < -0.4 is 0 Å². The second-order valence-electron chi connectivity index (χ2n) is 4.51. The number of aliphatic carboxylic acids is 2. The maximum atomic E-state index is 11.2. The Labute approximate surface area is 124 Å². The van der Waals surface area contributed by atoms with Gasteiger partial charge < -0.3 is 10.2 Å². The fourth-order valence-corrected chi connectivity index (χ4v) is 2.13. The number of nitrogens with zero attached hydrogens (tertiary/aromatic N) is 1. The zero-order chi connectivity index (χ0) is 16.3. The van der Waals surface area contributed by atoms with Crippen molar-refractivity contribution in [2.75, 3.05) is 0 Å². The van der Waals surface area contributed by atoms with Gasteiger partial charge >= 0.3 is 11.9 Å². The third-order valence-corrected chi connectivity index (χ3v) is 3.13. The first-order chi connectivity index (χ1) is 10.4. The van der Waals surface area contributed by atoms with Gasteiger partial charge in [-0.2, -0.15) is 0 Å². The Bertz CT molecular complexity index is 727. The van der Waals surface area contributed by atoms with Crippen LogP contribution in [0.25, 0.3) is 11.1 Å². The minimum atomic E-state index is -1.84. The SMILES string of the molecule is O=C(O)C(C(=O)O)c1ccc(-c2ccccc2)c([N+](=O)[O-])c1. The lowest BCUT2D eigenvalue weighted by Gasteiger charge is -2.10. The zero-order valence-electron chi connectivity index (χ0n) is 11.2. The minimum absolute atomic E-state index is 0.147. The van der Waals surface area contributed by atoms with Crippen molar-refractivity contribution >= 4 is 17.6 Å². The van der Waals surface area contributed by atoms with Crippen molar-refractivity contribution in [3.63, 3.8) is 0 Å². The summed E-state index contributed by atoms with van der Waals surface area (Å²) in [6, 6.07) is 12.2. The van der Waals surface area contributed by atoms with Crippen LogP contribution in [-0.2, 0) is 9.59 Å². The summed E-state index contributed by atoms with van der Waals surface area (Å²) >= 11 is 0. The Morgan fingerprint density at radius 1 is 1.00 bits per heavy atom. The van der Waals surface area contributed by atoms with Crippen LogP contribution in [0.4, 0.5) is 5.69 Å². The number of carbonyl (C=O) groups is 2. The van der Waals surface area contributed by atoms with Crippen LogP contribution in [0.2, 0.25) is 0 Å². The zero-order valence-corrected chi connectivity index (χ0v) is 11.2. The molecule has 0 unspecified atom stereocenters. The molecule has 22 heavy (non-hydrogen) atoms. The Hall–Kier alpha value is -3.22. The van der Waals surface area contributed by atoms with E-state index in [1.165, 1.54) is 12.1 Å². The van der Waals surface area contributed by atoms with Gasteiger partial charge in [-0.3, -0.25) is 19.7 Å². The summed E-state index contributed by atoms with van der Waals surface area (Å²) < 4.78 is 0. The lowest BCUT2D eigenvalue weighted by atomic mass is 9.95. The van der Waals surface area contributed by atoms with Gasteiger partial charge in [0.15, 0.2) is 5.92 Å². The highest BCUT2D eigenvalue weighted by Gasteiger charge is 2.30. The molecule has 112 valence electrons. The second kappa shape index (κ2) is 6.04. The molecular formula is C15H11NO6. The normalized spacial score (nSPS) is 10.4. The van der Waals surface area contributed by atoms with Gasteiger partial charge in [-0.25, -0.2) is 0 Å². The summed E-state index contributed by atoms with van der Waals surface area (Å²) in [7, 11) is 0. The molecule has 7 nitrogen and oxygen atoms in total. The molecule has 0 radical (unpaired) electrons. The summed E-state index contributed by atoms with van der Waals surface area (Å²) in [6.07, 6.45) is 0. The largest absolute Gasteiger partial charge is 0.480 e. The first-order valence-corrected chi connectivity index (χ1v) is 6.21. The summed E-state index contributed by atoms with van der Waals surface area (Å²) in [5, 5.41) is 29.1. The quantitative estimate of drug-likeness (QED) is 0.497. The maximum absolute atomic E-state index is 11.2. The van der Waals surface area contributed by atoms with Gasteiger partial charge in [0, 0.05) is 6.07 Å². The predicted octanol–water partition coefficient (Wildman–Crippen LogP) is 2.51. The van der Waals surface area contributed by atoms with Crippen LogP contribution in [0.5, 0.6) is 0 Å². The van der Waals surface area contributed by atoms with Crippen LogP contribution in [0.15, 0.2) is 48.5 Å². The Balaban J connectivity index is 2.60. The topological polar surface area (TPSA) is 118 Å². The van der Waals surface area contributed by atoms with E-state index in [1.54, 1.807) is 30.3 Å². The first-order valence-electron chi connectivity index (χ1n) is 6.21. The van der Waals surface area contributed by atoms with E-state index in [4.69, 9.17) is 10.2 Å². The molecule has 0 saturated carbocycles. The number of hydrogen-bond donors (Lipinski definition) is 2. The molecule has 0 fully saturated rings. The molecule has 2 rings (SSSR count). The molecule has 2 N–H and O–H groups in total. The molecule has 0 atom stereocenters. The monoisotopic (exact) mass is 301 g/mol. The number of hydrogen-bond acceptors (Lipinski definition) is 4. The third-order valence-electron chi connectivity index (χ3n) is 3.13. The van der Waals surface area contributed by atoms with Gasteiger partial charge in [0.25, 0.3) is 5.69 Å².